The lowest BCUT2D eigenvalue weighted by molar-refractivity contribution is -0.125. The minimum Gasteiger partial charge on any atom is -0.497 e. The second-order valence-corrected chi connectivity index (χ2v) is 12.0. The molecular weight excluding hydrogens is 412 g/mol. The van der Waals surface area contributed by atoms with Gasteiger partial charge in [-0.25, -0.2) is 8.42 Å². The minimum absolute atomic E-state index is 0.0159. The zero-order valence-electron chi connectivity index (χ0n) is 18.6. The number of piperidine rings is 1. The summed E-state index contributed by atoms with van der Waals surface area (Å²) in [5, 5.41) is 3.13. The molecule has 1 atom stereocenters. The van der Waals surface area contributed by atoms with Crippen LogP contribution in [0, 0.1) is 5.92 Å². The minimum atomic E-state index is -3.02. The van der Waals surface area contributed by atoms with Crippen molar-refractivity contribution >= 4 is 15.7 Å². The average Bonchev–Trinajstić information content (AvgIpc) is 3.16. The highest BCUT2D eigenvalue weighted by Gasteiger charge is 2.37. The molecular formula is C24H36N2O4S. The van der Waals surface area contributed by atoms with E-state index in [1.165, 1.54) is 37.7 Å². The highest BCUT2D eigenvalue weighted by atomic mass is 32.2. The number of benzene rings is 1. The van der Waals surface area contributed by atoms with E-state index < -0.39 is 9.84 Å². The van der Waals surface area contributed by atoms with Crippen LogP contribution in [-0.2, 0) is 20.0 Å². The largest absolute Gasteiger partial charge is 0.497 e. The molecule has 6 nitrogen and oxygen atoms in total. The van der Waals surface area contributed by atoms with Crippen molar-refractivity contribution in [2.45, 2.75) is 62.8 Å². The normalized spacial score (nSPS) is 26.4. The van der Waals surface area contributed by atoms with E-state index >= 15 is 0 Å². The van der Waals surface area contributed by atoms with Crippen LogP contribution in [0.4, 0.5) is 0 Å². The molecule has 0 aromatic heterocycles. The Morgan fingerprint density at radius 2 is 1.77 bits per heavy atom. The Morgan fingerprint density at radius 3 is 2.35 bits per heavy atom. The number of sulfone groups is 1. The number of hydrogen-bond acceptors (Lipinski definition) is 5. The van der Waals surface area contributed by atoms with E-state index in [0.29, 0.717) is 6.42 Å². The summed E-state index contributed by atoms with van der Waals surface area (Å²) in [5.41, 5.74) is 1.63. The molecule has 1 unspecified atom stereocenters. The number of nitrogens with one attached hydrogen (secondary N) is 1. The zero-order valence-corrected chi connectivity index (χ0v) is 19.5. The maximum Gasteiger partial charge on any atom is 0.224 e. The predicted octanol–water partition coefficient (Wildman–Crippen LogP) is 2.91. The summed E-state index contributed by atoms with van der Waals surface area (Å²) >= 11 is 0. The topological polar surface area (TPSA) is 75.7 Å². The number of nitrogens with zero attached hydrogens (tertiary/aromatic N) is 1. The Morgan fingerprint density at radius 1 is 1.10 bits per heavy atom. The Kier molecular flexibility index (Phi) is 6.92. The van der Waals surface area contributed by atoms with Gasteiger partial charge in [-0.3, -0.25) is 4.79 Å². The van der Waals surface area contributed by atoms with Crippen molar-refractivity contribution in [3.8, 4) is 5.75 Å². The fourth-order valence-corrected chi connectivity index (χ4v) is 7.44. The smallest absolute Gasteiger partial charge is 0.224 e. The van der Waals surface area contributed by atoms with E-state index in [1.54, 1.807) is 7.11 Å². The molecule has 0 radical (unpaired) electrons. The van der Waals surface area contributed by atoms with Crippen LogP contribution in [0.5, 0.6) is 5.75 Å². The van der Waals surface area contributed by atoms with Crippen LogP contribution in [0.3, 0.4) is 0 Å². The molecule has 1 aromatic carbocycles. The monoisotopic (exact) mass is 448 g/mol. The Bertz CT molecular complexity index is 854. The van der Waals surface area contributed by atoms with Gasteiger partial charge in [0.1, 0.15) is 5.75 Å². The lowest BCUT2D eigenvalue weighted by atomic mass is 9.69. The lowest BCUT2D eigenvalue weighted by Gasteiger charge is -2.44. The SMILES string of the molecule is COc1ccc(C2(CN3CCC(NC(=O)C4CCS(=O)(=O)C4)CC3)CCCCC2)cc1. The third-order valence-electron chi connectivity index (χ3n) is 7.58. The first-order valence-corrected chi connectivity index (χ1v) is 13.6. The summed E-state index contributed by atoms with van der Waals surface area (Å²) in [5.74, 6) is 0.644. The number of carbonyl (C=O) groups is 1. The van der Waals surface area contributed by atoms with Crippen LogP contribution in [-0.4, -0.2) is 63.5 Å². The predicted molar refractivity (Wildman–Crippen MR) is 122 cm³/mol. The number of rotatable bonds is 6. The number of amides is 1. The van der Waals surface area contributed by atoms with Crippen LogP contribution in [0.2, 0.25) is 0 Å². The van der Waals surface area contributed by atoms with E-state index in [-0.39, 0.29) is 34.8 Å². The number of likely N-dealkylation sites (tertiary alicyclic amines) is 1. The van der Waals surface area contributed by atoms with Gasteiger partial charge < -0.3 is 15.0 Å². The van der Waals surface area contributed by atoms with Gasteiger partial charge in [0.15, 0.2) is 9.84 Å². The summed E-state index contributed by atoms with van der Waals surface area (Å²) < 4.78 is 28.7. The number of hydrogen-bond donors (Lipinski definition) is 1. The Hall–Kier alpha value is -1.60. The molecule has 1 saturated carbocycles. The molecule has 1 amide bonds. The zero-order chi connectivity index (χ0) is 21.9. The van der Waals surface area contributed by atoms with Crippen LogP contribution < -0.4 is 10.1 Å². The van der Waals surface area contributed by atoms with Gasteiger partial charge in [-0.2, -0.15) is 0 Å². The quantitative estimate of drug-likeness (QED) is 0.724. The summed E-state index contributed by atoms with van der Waals surface area (Å²) in [7, 11) is -1.31. The van der Waals surface area contributed by atoms with E-state index in [2.05, 4.69) is 34.5 Å². The fraction of sp³-hybridized carbons (Fsp3) is 0.708. The molecule has 31 heavy (non-hydrogen) atoms. The third-order valence-corrected chi connectivity index (χ3v) is 9.34. The van der Waals surface area contributed by atoms with Crippen LogP contribution in [0.1, 0.15) is 56.9 Å². The number of methoxy groups -OCH3 is 1. The molecule has 1 aromatic rings. The molecule has 4 rings (SSSR count). The Labute approximate surface area is 186 Å². The van der Waals surface area contributed by atoms with Gasteiger partial charge in [0.05, 0.1) is 24.5 Å². The van der Waals surface area contributed by atoms with E-state index in [1.807, 2.05) is 0 Å². The maximum atomic E-state index is 12.5. The van der Waals surface area contributed by atoms with Crippen molar-refractivity contribution in [2.24, 2.45) is 5.92 Å². The van der Waals surface area contributed by atoms with Crippen molar-refractivity contribution in [1.29, 1.82) is 0 Å². The summed E-state index contributed by atoms with van der Waals surface area (Å²) in [4.78, 5) is 15.1. The van der Waals surface area contributed by atoms with Crippen molar-refractivity contribution < 1.29 is 17.9 Å². The van der Waals surface area contributed by atoms with Crippen molar-refractivity contribution in [1.82, 2.24) is 10.2 Å². The highest BCUT2D eigenvalue weighted by Crippen LogP contribution is 2.41. The van der Waals surface area contributed by atoms with Gasteiger partial charge in [0.2, 0.25) is 5.91 Å². The molecule has 0 bridgehead atoms. The molecule has 3 aliphatic rings. The molecule has 172 valence electrons. The van der Waals surface area contributed by atoms with Crippen molar-refractivity contribution in [3.63, 3.8) is 0 Å². The molecule has 2 heterocycles. The van der Waals surface area contributed by atoms with Crippen LogP contribution in [0.25, 0.3) is 0 Å². The Balaban J connectivity index is 1.33. The van der Waals surface area contributed by atoms with Crippen LogP contribution in [0.15, 0.2) is 24.3 Å². The molecule has 3 fully saturated rings. The first kappa shape index (κ1) is 22.6. The van der Waals surface area contributed by atoms with Gasteiger partial charge in [-0.05, 0) is 49.8 Å². The molecule has 1 aliphatic carbocycles. The first-order valence-electron chi connectivity index (χ1n) is 11.8. The summed E-state index contributed by atoms with van der Waals surface area (Å²) in [6.07, 6.45) is 8.68. The first-order chi connectivity index (χ1) is 14.9. The molecule has 7 heteroatoms. The second kappa shape index (κ2) is 9.49. The van der Waals surface area contributed by atoms with E-state index in [0.717, 1.165) is 38.2 Å². The second-order valence-electron chi connectivity index (χ2n) is 9.73. The lowest BCUT2D eigenvalue weighted by Crippen LogP contribution is -2.50. The standard InChI is InChI=1S/C24H36N2O4S/c1-30-22-7-5-20(6-8-22)24(12-3-2-4-13-24)18-26-14-9-21(10-15-26)25-23(27)19-11-16-31(28,29)17-19/h5-8,19,21H,2-4,9-18H2,1H3,(H,25,27). The van der Waals surface area contributed by atoms with Gasteiger partial charge >= 0.3 is 0 Å². The van der Waals surface area contributed by atoms with Crippen LogP contribution >= 0.6 is 0 Å². The van der Waals surface area contributed by atoms with Gasteiger partial charge in [-0.1, -0.05) is 31.4 Å². The molecule has 0 spiro atoms. The van der Waals surface area contributed by atoms with Gasteiger partial charge in [-0.15, -0.1) is 0 Å². The van der Waals surface area contributed by atoms with E-state index in [9.17, 15) is 13.2 Å². The highest BCUT2D eigenvalue weighted by molar-refractivity contribution is 7.91. The number of ether oxygens (including phenoxy) is 1. The summed E-state index contributed by atoms with van der Waals surface area (Å²) in [6.45, 7) is 3.03. The molecule has 2 saturated heterocycles. The van der Waals surface area contributed by atoms with Crippen molar-refractivity contribution in [2.75, 3.05) is 38.2 Å². The van der Waals surface area contributed by atoms with Crippen molar-refractivity contribution in [3.05, 3.63) is 29.8 Å². The summed E-state index contributed by atoms with van der Waals surface area (Å²) in [6, 6.07) is 8.81. The maximum absolute atomic E-state index is 12.5. The van der Waals surface area contributed by atoms with E-state index in [4.69, 9.17) is 4.74 Å². The van der Waals surface area contributed by atoms with Gasteiger partial charge in [0, 0.05) is 31.1 Å². The number of carbonyl (C=O) groups excluding carboxylic acids is 1. The molecule has 1 N–H and O–H groups in total. The van der Waals surface area contributed by atoms with Gasteiger partial charge in [0.25, 0.3) is 0 Å². The molecule has 2 aliphatic heterocycles. The fourth-order valence-electron chi connectivity index (χ4n) is 5.70. The third kappa shape index (κ3) is 5.43. The average molecular weight is 449 g/mol.